The van der Waals surface area contributed by atoms with Gasteiger partial charge < -0.3 is 25.0 Å². The number of nitrogens with one attached hydrogen (secondary N) is 2. The molecule has 2 rings (SSSR count). The Morgan fingerprint density at radius 2 is 1.93 bits per heavy atom. The van der Waals surface area contributed by atoms with Crippen LogP contribution in [0.3, 0.4) is 0 Å². The first-order chi connectivity index (χ1) is 14.0. The second-order valence-electron chi connectivity index (χ2n) is 7.65. The van der Waals surface area contributed by atoms with E-state index in [0.29, 0.717) is 32.4 Å². The molecule has 0 radical (unpaired) electrons. The average Bonchev–Trinajstić information content (AvgIpc) is 2.72. The highest BCUT2D eigenvalue weighted by molar-refractivity contribution is 5.79. The Morgan fingerprint density at radius 1 is 1.17 bits per heavy atom. The highest BCUT2D eigenvalue weighted by Crippen LogP contribution is 2.20. The van der Waals surface area contributed by atoms with E-state index in [0.717, 1.165) is 50.0 Å². The first kappa shape index (κ1) is 23.4. The van der Waals surface area contributed by atoms with Crippen LogP contribution in [0.5, 0.6) is 5.75 Å². The Hall–Kier alpha value is -1.83. The fourth-order valence-corrected chi connectivity index (χ4v) is 3.33. The second-order valence-corrected chi connectivity index (χ2v) is 7.65. The number of piperazine rings is 1. The van der Waals surface area contributed by atoms with Crippen molar-refractivity contribution in [3.8, 4) is 5.75 Å². The summed E-state index contributed by atoms with van der Waals surface area (Å²) in [6.07, 6.45) is 0. The molecule has 1 aliphatic heterocycles. The number of hydrogen-bond donors (Lipinski definition) is 2. The van der Waals surface area contributed by atoms with Crippen molar-refractivity contribution in [2.24, 2.45) is 4.99 Å². The van der Waals surface area contributed by atoms with Crippen molar-refractivity contribution in [3.63, 3.8) is 0 Å². The molecule has 1 heterocycles. The molecule has 0 amide bonds. The van der Waals surface area contributed by atoms with Gasteiger partial charge in [-0.15, -0.1) is 0 Å². The summed E-state index contributed by atoms with van der Waals surface area (Å²) in [7, 11) is 4.00. The highest BCUT2D eigenvalue weighted by Gasteiger charge is 2.19. The molecule has 0 saturated carbocycles. The van der Waals surface area contributed by atoms with E-state index in [1.807, 2.05) is 14.0 Å². The van der Waals surface area contributed by atoms with Crippen molar-refractivity contribution in [2.75, 3.05) is 66.6 Å². The van der Waals surface area contributed by atoms with Gasteiger partial charge in [0.15, 0.2) is 5.96 Å². The summed E-state index contributed by atoms with van der Waals surface area (Å²) in [5.74, 6) is 1.71. The lowest BCUT2D eigenvalue weighted by atomic mass is 10.1. The third kappa shape index (κ3) is 8.20. The van der Waals surface area contributed by atoms with Gasteiger partial charge in [-0.3, -0.25) is 9.89 Å². The van der Waals surface area contributed by atoms with Crippen LogP contribution in [0, 0.1) is 6.92 Å². The largest absolute Gasteiger partial charge is 0.491 e. The van der Waals surface area contributed by atoms with E-state index >= 15 is 0 Å². The van der Waals surface area contributed by atoms with E-state index in [1.54, 1.807) is 0 Å². The maximum absolute atomic E-state index is 5.94. The normalized spacial score (nSPS) is 17.2. The van der Waals surface area contributed by atoms with Crippen LogP contribution in [0.25, 0.3) is 0 Å². The van der Waals surface area contributed by atoms with Crippen molar-refractivity contribution < 1.29 is 9.47 Å². The minimum atomic E-state index is 0.471. The fraction of sp³-hybridized carbons (Fsp3) is 0.682. The van der Waals surface area contributed by atoms with Gasteiger partial charge in [-0.05, 0) is 39.4 Å². The quantitative estimate of drug-likeness (QED) is 0.351. The second kappa shape index (κ2) is 12.7. The van der Waals surface area contributed by atoms with E-state index in [1.165, 1.54) is 5.56 Å². The standard InChI is InChI=1S/C22H39N5O2/c1-6-28-13-14-29-21-15-18(2)7-8-20(21)17-25-22(23-4)24-16-19(3)27-11-9-26(5)10-12-27/h7-8,15,19H,6,9-14,16-17H2,1-5H3,(H2,23,24,25). The molecule has 1 aliphatic rings. The average molecular weight is 406 g/mol. The van der Waals surface area contributed by atoms with Crippen molar-refractivity contribution in [1.29, 1.82) is 0 Å². The number of ether oxygens (including phenoxy) is 2. The summed E-state index contributed by atoms with van der Waals surface area (Å²) < 4.78 is 11.3. The number of nitrogens with zero attached hydrogens (tertiary/aromatic N) is 3. The molecule has 1 aromatic rings. The molecule has 164 valence electrons. The van der Waals surface area contributed by atoms with Crippen molar-refractivity contribution in [2.45, 2.75) is 33.4 Å². The van der Waals surface area contributed by atoms with Gasteiger partial charge in [-0.25, -0.2) is 0 Å². The van der Waals surface area contributed by atoms with Gasteiger partial charge >= 0.3 is 0 Å². The lowest BCUT2D eigenvalue weighted by Gasteiger charge is -2.36. The zero-order valence-corrected chi connectivity index (χ0v) is 18.8. The molecule has 0 bridgehead atoms. The van der Waals surface area contributed by atoms with E-state index < -0.39 is 0 Å². The Bertz CT molecular complexity index is 630. The summed E-state index contributed by atoms with van der Waals surface area (Å²) in [5, 5.41) is 6.87. The minimum Gasteiger partial charge on any atom is -0.491 e. The van der Waals surface area contributed by atoms with E-state index in [2.05, 4.69) is 64.5 Å². The molecule has 7 nitrogen and oxygen atoms in total. The first-order valence-electron chi connectivity index (χ1n) is 10.7. The van der Waals surface area contributed by atoms with Crippen molar-refractivity contribution in [3.05, 3.63) is 29.3 Å². The Kier molecular flexibility index (Phi) is 10.2. The summed E-state index contributed by atoms with van der Waals surface area (Å²) in [6.45, 7) is 14.3. The summed E-state index contributed by atoms with van der Waals surface area (Å²) in [6, 6.07) is 6.77. The molecule has 1 unspecified atom stereocenters. The van der Waals surface area contributed by atoms with Crippen molar-refractivity contribution in [1.82, 2.24) is 20.4 Å². The summed E-state index contributed by atoms with van der Waals surface area (Å²) >= 11 is 0. The first-order valence-corrected chi connectivity index (χ1v) is 10.7. The van der Waals surface area contributed by atoms with Gasteiger partial charge in [0.1, 0.15) is 12.4 Å². The van der Waals surface area contributed by atoms with Crippen LogP contribution in [0.4, 0.5) is 0 Å². The summed E-state index contributed by atoms with van der Waals surface area (Å²) in [4.78, 5) is 9.29. The van der Waals surface area contributed by atoms with Crippen LogP contribution in [0.15, 0.2) is 23.2 Å². The van der Waals surface area contributed by atoms with Crippen molar-refractivity contribution >= 4 is 5.96 Å². The maximum atomic E-state index is 5.94. The number of benzene rings is 1. The molecular formula is C22H39N5O2. The molecule has 0 spiro atoms. The van der Waals surface area contributed by atoms with Crippen LogP contribution in [-0.4, -0.2) is 88.4 Å². The number of aliphatic imine (C=N–C) groups is 1. The number of hydrogen-bond acceptors (Lipinski definition) is 5. The number of likely N-dealkylation sites (N-methyl/N-ethyl adjacent to an activating group) is 1. The van der Waals surface area contributed by atoms with Gasteiger partial charge in [0.25, 0.3) is 0 Å². The van der Waals surface area contributed by atoms with Crippen LogP contribution in [0.2, 0.25) is 0 Å². The predicted octanol–water partition coefficient (Wildman–Crippen LogP) is 1.71. The molecule has 1 saturated heterocycles. The van der Waals surface area contributed by atoms with Crippen LogP contribution < -0.4 is 15.4 Å². The topological polar surface area (TPSA) is 61.4 Å². The lowest BCUT2D eigenvalue weighted by molar-refractivity contribution is 0.110. The van der Waals surface area contributed by atoms with Gasteiger partial charge in [0, 0.05) is 64.5 Å². The number of aryl methyl sites for hydroxylation is 1. The van der Waals surface area contributed by atoms with Gasteiger partial charge in [0.2, 0.25) is 0 Å². The zero-order chi connectivity index (χ0) is 21.1. The third-order valence-corrected chi connectivity index (χ3v) is 5.31. The summed E-state index contributed by atoms with van der Waals surface area (Å²) in [5.41, 5.74) is 2.30. The SMILES string of the molecule is CCOCCOc1cc(C)ccc1CNC(=NC)NCC(C)N1CCN(C)CC1. The molecule has 29 heavy (non-hydrogen) atoms. The highest BCUT2D eigenvalue weighted by atomic mass is 16.5. The van der Waals surface area contributed by atoms with E-state index in [9.17, 15) is 0 Å². The molecule has 7 heteroatoms. The Balaban J connectivity index is 1.82. The lowest BCUT2D eigenvalue weighted by Crippen LogP contribution is -2.52. The molecule has 1 fully saturated rings. The Morgan fingerprint density at radius 3 is 2.62 bits per heavy atom. The Labute approximate surface area is 176 Å². The van der Waals surface area contributed by atoms with Gasteiger partial charge in [0.05, 0.1) is 6.61 Å². The maximum Gasteiger partial charge on any atom is 0.191 e. The van der Waals surface area contributed by atoms with Crippen LogP contribution in [-0.2, 0) is 11.3 Å². The number of rotatable bonds is 10. The van der Waals surface area contributed by atoms with Gasteiger partial charge in [-0.2, -0.15) is 0 Å². The smallest absolute Gasteiger partial charge is 0.191 e. The van der Waals surface area contributed by atoms with Crippen LogP contribution in [0.1, 0.15) is 25.0 Å². The number of guanidine groups is 1. The molecule has 0 aromatic heterocycles. The predicted molar refractivity (Wildman–Crippen MR) is 120 cm³/mol. The fourth-order valence-electron chi connectivity index (χ4n) is 3.33. The monoisotopic (exact) mass is 405 g/mol. The molecule has 0 aliphatic carbocycles. The van der Waals surface area contributed by atoms with E-state index in [4.69, 9.17) is 9.47 Å². The zero-order valence-electron chi connectivity index (χ0n) is 18.8. The molecule has 1 aromatic carbocycles. The molecular weight excluding hydrogens is 366 g/mol. The molecule has 2 N–H and O–H groups in total. The van der Waals surface area contributed by atoms with Crippen LogP contribution >= 0.6 is 0 Å². The molecule has 1 atom stereocenters. The van der Waals surface area contributed by atoms with Gasteiger partial charge in [-0.1, -0.05) is 12.1 Å². The third-order valence-electron chi connectivity index (χ3n) is 5.31. The van der Waals surface area contributed by atoms with E-state index in [-0.39, 0.29) is 0 Å². The minimum absolute atomic E-state index is 0.471.